The first-order valence-electron chi connectivity index (χ1n) is 9.42. The third kappa shape index (κ3) is 4.82. The summed E-state index contributed by atoms with van der Waals surface area (Å²) in [5.41, 5.74) is 5.00. The molecule has 0 bridgehead atoms. The molecule has 0 aliphatic carbocycles. The highest BCUT2D eigenvalue weighted by Crippen LogP contribution is 2.23. The van der Waals surface area contributed by atoms with Crippen molar-refractivity contribution in [3.8, 4) is 0 Å². The van der Waals surface area contributed by atoms with Crippen LogP contribution < -0.4 is 16.0 Å². The van der Waals surface area contributed by atoms with E-state index in [9.17, 15) is 4.79 Å². The van der Waals surface area contributed by atoms with Gasteiger partial charge >= 0.3 is 0 Å². The van der Waals surface area contributed by atoms with Crippen molar-refractivity contribution < 1.29 is 4.79 Å². The summed E-state index contributed by atoms with van der Waals surface area (Å²) in [6.45, 7) is 0. The van der Waals surface area contributed by atoms with Gasteiger partial charge in [0.05, 0.1) is 11.3 Å². The molecule has 0 heterocycles. The maximum atomic E-state index is 12.8. The van der Waals surface area contributed by atoms with Gasteiger partial charge in [-0.25, -0.2) is 0 Å². The van der Waals surface area contributed by atoms with Crippen molar-refractivity contribution in [3.63, 3.8) is 0 Å². The Morgan fingerprint density at radius 1 is 0.483 bits per heavy atom. The van der Waals surface area contributed by atoms with Crippen molar-refractivity contribution in [2.24, 2.45) is 0 Å². The molecule has 0 atom stereocenters. The molecular formula is C25H21N3O. The van der Waals surface area contributed by atoms with Crippen LogP contribution in [0.5, 0.6) is 0 Å². The van der Waals surface area contributed by atoms with Crippen molar-refractivity contribution in [1.29, 1.82) is 0 Å². The fraction of sp³-hybridized carbons (Fsp3) is 0. The highest BCUT2D eigenvalue weighted by atomic mass is 16.1. The zero-order chi connectivity index (χ0) is 19.9. The zero-order valence-corrected chi connectivity index (χ0v) is 15.8. The second-order valence-corrected chi connectivity index (χ2v) is 6.56. The Kier molecular flexibility index (Phi) is 5.53. The van der Waals surface area contributed by atoms with Crippen LogP contribution in [0.15, 0.2) is 109 Å². The quantitative estimate of drug-likeness (QED) is 0.362. The van der Waals surface area contributed by atoms with Gasteiger partial charge in [0.2, 0.25) is 0 Å². The molecule has 4 nitrogen and oxygen atoms in total. The van der Waals surface area contributed by atoms with Gasteiger partial charge in [0.15, 0.2) is 0 Å². The average molecular weight is 379 g/mol. The minimum Gasteiger partial charge on any atom is -0.356 e. The van der Waals surface area contributed by atoms with E-state index in [2.05, 4.69) is 16.0 Å². The van der Waals surface area contributed by atoms with E-state index in [0.29, 0.717) is 5.56 Å². The Labute approximate surface area is 170 Å². The minimum absolute atomic E-state index is 0.159. The molecule has 0 radical (unpaired) electrons. The van der Waals surface area contributed by atoms with Crippen LogP contribution in [0.3, 0.4) is 0 Å². The molecule has 4 heteroatoms. The molecule has 142 valence electrons. The summed E-state index contributed by atoms with van der Waals surface area (Å²) in [7, 11) is 0. The van der Waals surface area contributed by atoms with Crippen molar-refractivity contribution in [2.75, 3.05) is 16.0 Å². The highest BCUT2D eigenvalue weighted by molar-refractivity contribution is 6.08. The van der Waals surface area contributed by atoms with Crippen LogP contribution >= 0.6 is 0 Å². The lowest BCUT2D eigenvalue weighted by atomic mass is 10.1. The number of carbonyl (C=O) groups is 1. The predicted molar refractivity (Wildman–Crippen MR) is 120 cm³/mol. The van der Waals surface area contributed by atoms with Crippen molar-refractivity contribution >= 4 is 34.3 Å². The topological polar surface area (TPSA) is 53.2 Å². The molecule has 0 spiro atoms. The standard InChI is InChI=1S/C25H21N3O/c29-25(23-13-7-8-14-24(23)27-20-11-5-2-6-12-20)28-22-17-15-21(16-18-22)26-19-9-3-1-4-10-19/h1-18,26-27H,(H,28,29). The van der Waals surface area contributed by atoms with E-state index in [1.807, 2.05) is 109 Å². The fourth-order valence-corrected chi connectivity index (χ4v) is 2.99. The number of carbonyl (C=O) groups excluding carboxylic acids is 1. The Morgan fingerprint density at radius 3 is 1.62 bits per heavy atom. The van der Waals surface area contributed by atoms with E-state index in [0.717, 1.165) is 28.4 Å². The van der Waals surface area contributed by atoms with Crippen LogP contribution in [0.4, 0.5) is 28.4 Å². The molecule has 4 aromatic carbocycles. The molecule has 0 fully saturated rings. The number of hydrogen-bond donors (Lipinski definition) is 3. The normalized spacial score (nSPS) is 10.2. The third-order valence-corrected chi connectivity index (χ3v) is 4.43. The molecule has 0 aliphatic heterocycles. The molecule has 0 unspecified atom stereocenters. The summed E-state index contributed by atoms with van der Waals surface area (Å²) >= 11 is 0. The van der Waals surface area contributed by atoms with Gasteiger partial charge in [-0.15, -0.1) is 0 Å². The molecular weight excluding hydrogens is 358 g/mol. The molecule has 1 amide bonds. The van der Waals surface area contributed by atoms with Gasteiger partial charge in [-0.3, -0.25) is 4.79 Å². The molecule has 4 rings (SSSR count). The summed E-state index contributed by atoms with van der Waals surface area (Å²) in [4.78, 5) is 12.8. The molecule has 3 N–H and O–H groups in total. The SMILES string of the molecule is O=C(Nc1ccc(Nc2ccccc2)cc1)c1ccccc1Nc1ccccc1. The molecule has 4 aromatic rings. The van der Waals surface area contributed by atoms with Crippen LogP contribution in [-0.4, -0.2) is 5.91 Å². The van der Waals surface area contributed by atoms with Crippen molar-refractivity contribution in [2.45, 2.75) is 0 Å². The lowest BCUT2D eigenvalue weighted by Gasteiger charge is -2.13. The minimum atomic E-state index is -0.159. The largest absolute Gasteiger partial charge is 0.356 e. The Bertz CT molecular complexity index is 1080. The zero-order valence-electron chi connectivity index (χ0n) is 15.8. The highest BCUT2D eigenvalue weighted by Gasteiger charge is 2.11. The number of amides is 1. The summed E-state index contributed by atoms with van der Waals surface area (Å²) < 4.78 is 0. The van der Waals surface area contributed by atoms with Gasteiger partial charge in [0, 0.05) is 22.7 Å². The molecule has 29 heavy (non-hydrogen) atoms. The van der Waals surface area contributed by atoms with Crippen LogP contribution in [0.2, 0.25) is 0 Å². The van der Waals surface area contributed by atoms with Crippen LogP contribution in [0.25, 0.3) is 0 Å². The maximum Gasteiger partial charge on any atom is 0.257 e. The number of anilines is 5. The second kappa shape index (κ2) is 8.76. The van der Waals surface area contributed by atoms with Gasteiger partial charge < -0.3 is 16.0 Å². The smallest absolute Gasteiger partial charge is 0.257 e. The first-order chi connectivity index (χ1) is 14.3. The maximum absolute atomic E-state index is 12.8. The molecule has 0 saturated carbocycles. The van der Waals surface area contributed by atoms with Crippen molar-refractivity contribution in [3.05, 3.63) is 115 Å². The summed E-state index contributed by atoms with van der Waals surface area (Å²) in [6, 6.07) is 34.9. The fourth-order valence-electron chi connectivity index (χ4n) is 2.99. The van der Waals surface area contributed by atoms with E-state index >= 15 is 0 Å². The summed E-state index contributed by atoms with van der Waals surface area (Å²) in [5, 5.41) is 9.60. The summed E-state index contributed by atoms with van der Waals surface area (Å²) in [5.74, 6) is -0.159. The molecule has 0 aliphatic rings. The van der Waals surface area contributed by atoms with Crippen LogP contribution in [0.1, 0.15) is 10.4 Å². The lowest BCUT2D eigenvalue weighted by molar-refractivity contribution is 0.102. The monoisotopic (exact) mass is 379 g/mol. The van der Waals surface area contributed by atoms with E-state index in [1.165, 1.54) is 0 Å². The molecule has 0 aromatic heterocycles. The first kappa shape index (κ1) is 18.3. The Morgan fingerprint density at radius 2 is 0.966 bits per heavy atom. The number of benzene rings is 4. The number of para-hydroxylation sites is 3. The third-order valence-electron chi connectivity index (χ3n) is 4.43. The number of rotatable bonds is 6. The lowest BCUT2D eigenvalue weighted by Crippen LogP contribution is -2.13. The first-order valence-corrected chi connectivity index (χ1v) is 9.42. The van der Waals surface area contributed by atoms with Crippen LogP contribution in [0, 0.1) is 0 Å². The number of hydrogen-bond acceptors (Lipinski definition) is 3. The van der Waals surface area contributed by atoms with E-state index in [4.69, 9.17) is 0 Å². The van der Waals surface area contributed by atoms with Gasteiger partial charge in [-0.1, -0.05) is 48.5 Å². The van der Waals surface area contributed by atoms with Gasteiger partial charge in [0.25, 0.3) is 5.91 Å². The number of nitrogens with one attached hydrogen (secondary N) is 3. The van der Waals surface area contributed by atoms with E-state index in [1.54, 1.807) is 0 Å². The van der Waals surface area contributed by atoms with Gasteiger partial charge in [-0.2, -0.15) is 0 Å². The predicted octanol–water partition coefficient (Wildman–Crippen LogP) is 6.43. The van der Waals surface area contributed by atoms with Crippen LogP contribution in [-0.2, 0) is 0 Å². The summed E-state index contributed by atoms with van der Waals surface area (Å²) in [6.07, 6.45) is 0. The van der Waals surface area contributed by atoms with Crippen molar-refractivity contribution in [1.82, 2.24) is 0 Å². The Hall–Kier alpha value is -4.05. The molecule has 0 saturated heterocycles. The van der Waals surface area contributed by atoms with Gasteiger partial charge in [-0.05, 0) is 60.7 Å². The van der Waals surface area contributed by atoms with E-state index < -0.39 is 0 Å². The Balaban J connectivity index is 1.46. The van der Waals surface area contributed by atoms with Gasteiger partial charge in [0.1, 0.15) is 0 Å². The average Bonchev–Trinajstić information content (AvgIpc) is 2.77. The van der Waals surface area contributed by atoms with E-state index in [-0.39, 0.29) is 5.91 Å². The second-order valence-electron chi connectivity index (χ2n) is 6.56.